The van der Waals surface area contributed by atoms with E-state index < -0.39 is 17.9 Å². The zero-order valence-corrected chi connectivity index (χ0v) is 16.2. The molecule has 1 heterocycles. The number of fused-ring (bicyclic) bond motifs is 1. The monoisotopic (exact) mass is 392 g/mol. The quantitative estimate of drug-likeness (QED) is 0.719. The number of hydrogen-bond donors (Lipinski definition) is 0. The molecule has 3 rings (SSSR count). The molecule has 2 aromatic carbocycles. The number of carbonyl (C=O) groups is 1. The summed E-state index contributed by atoms with van der Waals surface area (Å²) < 4.78 is 31.1. The highest BCUT2D eigenvalue weighted by molar-refractivity contribution is 6.30. The number of benzene rings is 2. The standard InChI is InChI=1S/C21H23ClF2N2O/c1-3-25(4-2)20(27)21(23,24)19-18-8-6-5-7-15(18)13-14-26(19)17-11-9-16(22)10-12-17/h5-12,19H,3-4,13-14H2,1-2H3/t19-/m0/s1. The van der Waals surface area contributed by atoms with E-state index in [4.69, 9.17) is 11.6 Å². The van der Waals surface area contributed by atoms with Crippen molar-refractivity contribution in [1.82, 2.24) is 4.90 Å². The van der Waals surface area contributed by atoms with Crippen LogP contribution in [0.5, 0.6) is 0 Å². The predicted octanol–water partition coefficient (Wildman–Crippen LogP) is 4.95. The Balaban J connectivity index is 2.10. The number of nitrogens with zero attached hydrogens (tertiary/aromatic N) is 2. The van der Waals surface area contributed by atoms with E-state index in [1.807, 2.05) is 12.1 Å². The Bertz CT molecular complexity index is 806. The first-order valence-electron chi connectivity index (χ1n) is 9.17. The van der Waals surface area contributed by atoms with Crippen molar-refractivity contribution in [1.29, 1.82) is 0 Å². The summed E-state index contributed by atoms with van der Waals surface area (Å²) in [7, 11) is 0. The highest BCUT2D eigenvalue weighted by Crippen LogP contribution is 2.44. The zero-order valence-electron chi connectivity index (χ0n) is 15.5. The van der Waals surface area contributed by atoms with Crippen molar-refractivity contribution in [2.24, 2.45) is 0 Å². The lowest BCUT2D eigenvalue weighted by atomic mass is 9.87. The molecule has 1 atom stereocenters. The average Bonchev–Trinajstić information content (AvgIpc) is 2.68. The zero-order chi connectivity index (χ0) is 19.6. The van der Waals surface area contributed by atoms with Crippen molar-refractivity contribution in [3.05, 3.63) is 64.7 Å². The molecule has 1 aliphatic heterocycles. The smallest absolute Gasteiger partial charge is 0.348 e. The van der Waals surface area contributed by atoms with E-state index in [-0.39, 0.29) is 13.1 Å². The molecule has 0 bridgehead atoms. The van der Waals surface area contributed by atoms with Gasteiger partial charge in [0.25, 0.3) is 5.91 Å². The normalized spacial score (nSPS) is 16.8. The fourth-order valence-corrected chi connectivity index (χ4v) is 3.83. The van der Waals surface area contributed by atoms with Crippen molar-refractivity contribution in [2.45, 2.75) is 32.2 Å². The largest absolute Gasteiger partial charge is 0.358 e. The molecule has 0 unspecified atom stereocenters. The van der Waals surface area contributed by atoms with Crippen LogP contribution in [0.2, 0.25) is 5.02 Å². The maximum absolute atomic E-state index is 15.6. The molecule has 0 saturated heterocycles. The van der Waals surface area contributed by atoms with Crippen LogP contribution in [0.4, 0.5) is 14.5 Å². The molecule has 0 radical (unpaired) electrons. The van der Waals surface area contributed by atoms with Gasteiger partial charge in [-0.2, -0.15) is 8.78 Å². The van der Waals surface area contributed by atoms with Crippen LogP contribution in [0, 0.1) is 0 Å². The molecular weight excluding hydrogens is 370 g/mol. The Morgan fingerprint density at radius 2 is 1.78 bits per heavy atom. The molecule has 0 fully saturated rings. The van der Waals surface area contributed by atoms with Crippen LogP contribution in [0.1, 0.15) is 31.0 Å². The van der Waals surface area contributed by atoms with Gasteiger partial charge < -0.3 is 9.80 Å². The third-order valence-corrected chi connectivity index (χ3v) is 5.37. The average molecular weight is 393 g/mol. The van der Waals surface area contributed by atoms with Gasteiger partial charge in [0.1, 0.15) is 6.04 Å². The van der Waals surface area contributed by atoms with E-state index in [2.05, 4.69) is 0 Å². The Morgan fingerprint density at radius 1 is 1.15 bits per heavy atom. The summed E-state index contributed by atoms with van der Waals surface area (Å²) in [6, 6.07) is 12.6. The van der Waals surface area contributed by atoms with Gasteiger partial charge in [0.15, 0.2) is 0 Å². The fourth-order valence-electron chi connectivity index (χ4n) is 3.71. The number of halogens is 3. The van der Waals surface area contributed by atoms with Crippen molar-refractivity contribution < 1.29 is 13.6 Å². The Hall–Kier alpha value is -2.14. The second-order valence-corrected chi connectivity index (χ2v) is 7.06. The lowest BCUT2D eigenvalue weighted by molar-refractivity contribution is -0.160. The maximum atomic E-state index is 15.6. The summed E-state index contributed by atoms with van der Waals surface area (Å²) in [5, 5.41) is 0.540. The molecule has 2 aromatic rings. The van der Waals surface area contributed by atoms with Crippen LogP contribution in [0.3, 0.4) is 0 Å². The van der Waals surface area contributed by atoms with E-state index in [9.17, 15) is 4.79 Å². The Kier molecular flexibility index (Phi) is 5.70. The van der Waals surface area contributed by atoms with Crippen molar-refractivity contribution in [3.63, 3.8) is 0 Å². The van der Waals surface area contributed by atoms with Gasteiger partial charge in [-0.05, 0) is 55.7 Å². The van der Waals surface area contributed by atoms with Gasteiger partial charge in [-0.25, -0.2) is 0 Å². The Morgan fingerprint density at radius 3 is 2.41 bits per heavy atom. The number of rotatable bonds is 5. The lowest BCUT2D eigenvalue weighted by Gasteiger charge is -2.43. The molecule has 0 aliphatic carbocycles. The predicted molar refractivity (Wildman–Crippen MR) is 105 cm³/mol. The van der Waals surface area contributed by atoms with E-state index in [1.165, 1.54) is 4.90 Å². The van der Waals surface area contributed by atoms with Crippen LogP contribution in [-0.2, 0) is 11.2 Å². The molecule has 144 valence electrons. The van der Waals surface area contributed by atoms with Gasteiger partial charge >= 0.3 is 5.92 Å². The third-order valence-electron chi connectivity index (χ3n) is 5.12. The summed E-state index contributed by atoms with van der Waals surface area (Å²) in [6.45, 7) is 4.33. The summed E-state index contributed by atoms with van der Waals surface area (Å²) in [5.74, 6) is -4.68. The van der Waals surface area contributed by atoms with Crippen LogP contribution < -0.4 is 4.90 Å². The molecular formula is C21H23ClF2N2O. The SMILES string of the molecule is CCN(CC)C(=O)C(F)(F)[C@@H]1c2ccccc2CCN1c1ccc(Cl)cc1. The minimum Gasteiger partial charge on any atom is -0.358 e. The molecule has 27 heavy (non-hydrogen) atoms. The molecule has 1 aliphatic rings. The summed E-state index contributed by atoms with van der Waals surface area (Å²) in [6.07, 6.45) is 0.644. The number of amides is 1. The molecule has 3 nitrogen and oxygen atoms in total. The first-order chi connectivity index (χ1) is 12.9. The van der Waals surface area contributed by atoms with Crippen LogP contribution >= 0.6 is 11.6 Å². The minimum absolute atomic E-state index is 0.250. The van der Waals surface area contributed by atoms with Gasteiger partial charge in [0, 0.05) is 30.3 Å². The fraction of sp³-hybridized carbons (Fsp3) is 0.381. The van der Waals surface area contributed by atoms with Gasteiger partial charge in [-0.3, -0.25) is 4.79 Å². The van der Waals surface area contributed by atoms with Gasteiger partial charge in [-0.1, -0.05) is 35.9 Å². The summed E-state index contributed by atoms with van der Waals surface area (Å²) in [4.78, 5) is 15.5. The molecule has 0 N–H and O–H groups in total. The van der Waals surface area contributed by atoms with Crippen LogP contribution in [0.25, 0.3) is 0 Å². The van der Waals surface area contributed by atoms with Gasteiger partial charge in [0.05, 0.1) is 0 Å². The molecule has 0 spiro atoms. The summed E-state index contributed by atoms with van der Waals surface area (Å²) >= 11 is 5.96. The number of anilines is 1. The van der Waals surface area contributed by atoms with E-state index in [0.717, 1.165) is 5.56 Å². The van der Waals surface area contributed by atoms with Crippen LogP contribution in [0.15, 0.2) is 48.5 Å². The molecule has 1 amide bonds. The minimum atomic E-state index is -3.55. The lowest BCUT2D eigenvalue weighted by Crippen LogP contribution is -2.53. The van der Waals surface area contributed by atoms with E-state index in [0.29, 0.717) is 29.2 Å². The van der Waals surface area contributed by atoms with Gasteiger partial charge in [-0.15, -0.1) is 0 Å². The molecule has 0 aromatic heterocycles. The van der Waals surface area contributed by atoms with E-state index >= 15 is 8.78 Å². The molecule has 6 heteroatoms. The van der Waals surface area contributed by atoms with Crippen molar-refractivity contribution >= 4 is 23.2 Å². The van der Waals surface area contributed by atoms with E-state index in [1.54, 1.807) is 55.1 Å². The van der Waals surface area contributed by atoms with Crippen LogP contribution in [-0.4, -0.2) is 36.4 Å². The maximum Gasteiger partial charge on any atom is 0.348 e. The third kappa shape index (κ3) is 3.65. The first-order valence-corrected chi connectivity index (χ1v) is 9.55. The second-order valence-electron chi connectivity index (χ2n) is 6.62. The second kappa shape index (κ2) is 7.85. The molecule has 0 saturated carbocycles. The number of carbonyl (C=O) groups excluding carboxylic acids is 1. The Labute approximate surface area is 163 Å². The highest BCUT2D eigenvalue weighted by atomic mass is 35.5. The number of hydrogen-bond acceptors (Lipinski definition) is 2. The highest BCUT2D eigenvalue weighted by Gasteiger charge is 2.53. The first kappa shape index (κ1) is 19.6. The van der Waals surface area contributed by atoms with Crippen molar-refractivity contribution in [3.8, 4) is 0 Å². The topological polar surface area (TPSA) is 23.6 Å². The van der Waals surface area contributed by atoms with Crippen molar-refractivity contribution in [2.75, 3.05) is 24.5 Å². The summed E-state index contributed by atoms with van der Waals surface area (Å²) in [5.41, 5.74) is 2.00. The number of alkyl halides is 2. The van der Waals surface area contributed by atoms with Gasteiger partial charge in [0.2, 0.25) is 0 Å².